The molecule has 0 spiro atoms. The highest BCUT2D eigenvalue weighted by Gasteiger charge is 2.22. The molecular weight excluding hydrogens is 362 g/mol. The third-order valence-corrected chi connectivity index (χ3v) is 4.82. The molecule has 0 amide bonds. The molecule has 4 rings (SSSR count). The third-order valence-electron chi connectivity index (χ3n) is 4.82. The monoisotopic (exact) mass is 385 g/mol. The molecule has 1 aliphatic rings. The summed E-state index contributed by atoms with van der Waals surface area (Å²) in [6.45, 7) is 3.57. The van der Waals surface area contributed by atoms with Crippen molar-refractivity contribution in [1.29, 1.82) is 0 Å². The predicted molar refractivity (Wildman–Crippen MR) is 114 cm³/mol. The zero-order valence-electron chi connectivity index (χ0n) is 15.6. The van der Waals surface area contributed by atoms with Gasteiger partial charge in [-0.25, -0.2) is 4.98 Å². The first kappa shape index (κ1) is 19.0. The molecule has 7 heteroatoms. The smallest absolute Gasteiger partial charge is 0.228 e. The Kier molecular flexibility index (Phi) is 5.86. The lowest BCUT2D eigenvalue weighted by Crippen LogP contribution is -2.47. The lowest BCUT2D eigenvalue weighted by atomic mass is 10.2. The number of methoxy groups -OCH3 is 1. The number of anilines is 3. The van der Waals surface area contributed by atoms with Gasteiger partial charge in [0.1, 0.15) is 11.6 Å². The number of halogens is 1. The minimum atomic E-state index is 0. The summed E-state index contributed by atoms with van der Waals surface area (Å²) in [5, 5.41) is 4.24. The Morgan fingerprint density at radius 3 is 2.30 bits per heavy atom. The first-order chi connectivity index (χ1) is 12.8. The number of fused-ring (bicyclic) bond motifs is 1. The Labute approximate surface area is 165 Å². The second kappa shape index (κ2) is 8.31. The molecule has 1 aliphatic heterocycles. The number of ether oxygens (including phenoxy) is 1. The Morgan fingerprint density at radius 1 is 0.889 bits per heavy atom. The molecule has 0 aliphatic carbocycles. The molecule has 0 saturated carbocycles. The molecule has 1 fully saturated rings. The predicted octanol–water partition coefficient (Wildman–Crippen LogP) is 3.43. The van der Waals surface area contributed by atoms with Gasteiger partial charge in [-0.1, -0.05) is 24.3 Å². The minimum absolute atomic E-state index is 0. The van der Waals surface area contributed by atoms with Crippen LogP contribution in [0.1, 0.15) is 0 Å². The summed E-state index contributed by atoms with van der Waals surface area (Å²) >= 11 is 0. The maximum Gasteiger partial charge on any atom is 0.228 e. The van der Waals surface area contributed by atoms with E-state index in [1.807, 2.05) is 43.4 Å². The van der Waals surface area contributed by atoms with Crippen molar-refractivity contribution in [3.05, 3.63) is 48.5 Å². The van der Waals surface area contributed by atoms with E-state index in [0.29, 0.717) is 0 Å². The van der Waals surface area contributed by atoms with Crippen LogP contribution in [-0.4, -0.2) is 50.3 Å². The van der Waals surface area contributed by atoms with Crippen molar-refractivity contribution in [3.63, 3.8) is 0 Å². The Bertz CT molecular complexity index is 912. The van der Waals surface area contributed by atoms with Crippen LogP contribution in [0.4, 0.5) is 17.5 Å². The van der Waals surface area contributed by atoms with Crippen molar-refractivity contribution >= 4 is 40.8 Å². The van der Waals surface area contributed by atoms with Gasteiger partial charge in [-0.15, -0.1) is 12.4 Å². The van der Waals surface area contributed by atoms with Crippen LogP contribution in [-0.2, 0) is 0 Å². The zero-order valence-corrected chi connectivity index (χ0v) is 16.4. The summed E-state index contributed by atoms with van der Waals surface area (Å²) in [6.07, 6.45) is 0. The van der Waals surface area contributed by atoms with Gasteiger partial charge >= 0.3 is 0 Å². The second-order valence-electron chi connectivity index (χ2n) is 6.29. The van der Waals surface area contributed by atoms with Crippen molar-refractivity contribution in [2.24, 2.45) is 0 Å². The number of piperazine rings is 1. The molecule has 27 heavy (non-hydrogen) atoms. The Hall–Kier alpha value is -2.73. The van der Waals surface area contributed by atoms with Crippen LogP contribution in [0.5, 0.6) is 5.75 Å². The highest BCUT2D eigenvalue weighted by atomic mass is 35.5. The van der Waals surface area contributed by atoms with Crippen molar-refractivity contribution in [2.45, 2.75) is 0 Å². The van der Waals surface area contributed by atoms with E-state index < -0.39 is 0 Å². The molecule has 6 nitrogen and oxygen atoms in total. The van der Waals surface area contributed by atoms with Gasteiger partial charge in [-0.05, 0) is 24.3 Å². The molecule has 1 saturated heterocycles. The number of hydrogen-bond acceptors (Lipinski definition) is 6. The van der Waals surface area contributed by atoms with E-state index in [4.69, 9.17) is 14.7 Å². The van der Waals surface area contributed by atoms with Crippen LogP contribution in [0.2, 0.25) is 0 Å². The number of nitrogens with zero attached hydrogens (tertiary/aromatic N) is 4. The van der Waals surface area contributed by atoms with Gasteiger partial charge in [0.05, 0.1) is 18.3 Å². The molecule has 2 aromatic carbocycles. The molecule has 0 atom stereocenters. The van der Waals surface area contributed by atoms with Crippen LogP contribution in [0.25, 0.3) is 10.9 Å². The van der Waals surface area contributed by atoms with Crippen molar-refractivity contribution in [1.82, 2.24) is 9.97 Å². The molecule has 0 bridgehead atoms. The molecule has 142 valence electrons. The topological polar surface area (TPSA) is 53.5 Å². The first-order valence-electron chi connectivity index (χ1n) is 8.87. The molecule has 0 radical (unpaired) electrons. The minimum Gasteiger partial charge on any atom is -0.495 e. The van der Waals surface area contributed by atoms with E-state index >= 15 is 0 Å². The number of benzene rings is 2. The second-order valence-corrected chi connectivity index (χ2v) is 6.29. The fourth-order valence-electron chi connectivity index (χ4n) is 3.43. The lowest BCUT2D eigenvalue weighted by molar-refractivity contribution is 0.413. The van der Waals surface area contributed by atoms with Crippen LogP contribution in [0, 0.1) is 0 Å². The van der Waals surface area contributed by atoms with Gasteiger partial charge in [0.15, 0.2) is 0 Å². The van der Waals surface area contributed by atoms with Crippen LogP contribution in [0.15, 0.2) is 48.5 Å². The Balaban J connectivity index is 0.00000210. The third kappa shape index (κ3) is 3.71. The number of rotatable bonds is 4. The summed E-state index contributed by atoms with van der Waals surface area (Å²) in [4.78, 5) is 14.1. The normalized spacial score (nSPS) is 14.0. The fraction of sp³-hybridized carbons (Fsp3) is 0.300. The largest absolute Gasteiger partial charge is 0.495 e. The van der Waals surface area contributed by atoms with E-state index in [0.717, 1.165) is 60.3 Å². The van der Waals surface area contributed by atoms with Crippen molar-refractivity contribution < 1.29 is 4.74 Å². The summed E-state index contributed by atoms with van der Waals surface area (Å²) in [6, 6.07) is 16.3. The van der Waals surface area contributed by atoms with Crippen molar-refractivity contribution in [2.75, 3.05) is 55.5 Å². The van der Waals surface area contributed by atoms with Crippen molar-refractivity contribution in [3.8, 4) is 5.75 Å². The molecule has 0 unspecified atom stereocenters. The summed E-state index contributed by atoms with van der Waals surface area (Å²) < 4.78 is 5.50. The maximum absolute atomic E-state index is 5.50. The SMILES string of the molecule is CNc1nc(N2CCN(c3ccccc3OC)CC2)nc2ccccc12.Cl. The summed E-state index contributed by atoms with van der Waals surface area (Å²) in [7, 11) is 3.62. The standard InChI is InChI=1S/C20H23N5O.ClH/c1-21-19-15-7-3-4-8-16(15)22-20(23-19)25-13-11-24(12-14-25)17-9-5-6-10-18(17)26-2;/h3-10H,11-14H2,1-2H3,(H,21,22,23);1H. The lowest BCUT2D eigenvalue weighted by Gasteiger charge is -2.36. The summed E-state index contributed by atoms with van der Waals surface area (Å²) in [5.41, 5.74) is 2.11. The van der Waals surface area contributed by atoms with E-state index in [2.05, 4.69) is 27.2 Å². The van der Waals surface area contributed by atoms with E-state index in [1.165, 1.54) is 0 Å². The van der Waals surface area contributed by atoms with E-state index in [-0.39, 0.29) is 12.4 Å². The molecule has 2 heterocycles. The molecular formula is C20H24ClN5O. The maximum atomic E-state index is 5.50. The highest BCUT2D eigenvalue weighted by Crippen LogP contribution is 2.29. The van der Waals surface area contributed by atoms with Crippen LogP contribution >= 0.6 is 12.4 Å². The summed E-state index contributed by atoms with van der Waals surface area (Å²) in [5.74, 6) is 2.57. The van der Waals surface area contributed by atoms with Gasteiger partial charge in [0.25, 0.3) is 0 Å². The number of para-hydroxylation sites is 3. The fourth-order valence-corrected chi connectivity index (χ4v) is 3.43. The van der Waals surface area contributed by atoms with Crippen LogP contribution in [0.3, 0.4) is 0 Å². The Morgan fingerprint density at radius 2 is 1.56 bits per heavy atom. The van der Waals surface area contributed by atoms with E-state index in [9.17, 15) is 0 Å². The van der Waals surface area contributed by atoms with Gasteiger partial charge < -0.3 is 19.9 Å². The number of nitrogens with one attached hydrogen (secondary N) is 1. The highest BCUT2D eigenvalue weighted by molar-refractivity contribution is 5.90. The van der Waals surface area contributed by atoms with Gasteiger partial charge in [0.2, 0.25) is 5.95 Å². The molecule has 3 aromatic rings. The average Bonchev–Trinajstić information content (AvgIpc) is 2.73. The number of hydrogen-bond donors (Lipinski definition) is 1. The van der Waals surface area contributed by atoms with Gasteiger partial charge in [-0.2, -0.15) is 4.98 Å². The van der Waals surface area contributed by atoms with Gasteiger partial charge in [0, 0.05) is 38.6 Å². The average molecular weight is 386 g/mol. The molecule has 1 N–H and O–H groups in total. The van der Waals surface area contributed by atoms with E-state index in [1.54, 1.807) is 7.11 Å². The molecule has 1 aromatic heterocycles. The quantitative estimate of drug-likeness (QED) is 0.742. The zero-order chi connectivity index (χ0) is 17.9. The van der Waals surface area contributed by atoms with Gasteiger partial charge in [-0.3, -0.25) is 0 Å². The number of aromatic nitrogens is 2. The van der Waals surface area contributed by atoms with Crippen LogP contribution < -0.4 is 19.9 Å². The first-order valence-corrected chi connectivity index (χ1v) is 8.87.